The van der Waals surface area contributed by atoms with Crippen molar-refractivity contribution in [1.29, 1.82) is 0 Å². The molecule has 0 nitrogen and oxygen atoms in total. The van der Waals surface area contributed by atoms with E-state index in [0.717, 1.165) is 12.8 Å². The smallest absolute Gasteiger partial charge is 0.0121 e. The van der Waals surface area contributed by atoms with Gasteiger partial charge in [-0.3, -0.25) is 0 Å². The van der Waals surface area contributed by atoms with Gasteiger partial charge in [0.1, 0.15) is 0 Å². The Hall–Kier alpha value is -0.700. The van der Waals surface area contributed by atoms with E-state index in [4.69, 9.17) is 6.42 Å². The summed E-state index contributed by atoms with van der Waals surface area (Å²) in [4.78, 5) is 0. The van der Waals surface area contributed by atoms with Crippen LogP contribution >= 0.6 is 0 Å². The highest BCUT2D eigenvalue weighted by Gasteiger charge is 1.92. The van der Waals surface area contributed by atoms with E-state index in [-0.39, 0.29) is 0 Å². The zero-order valence-electron chi connectivity index (χ0n) is 11.2. The van der Waals surface area contributed by atoms with Crippen molar-refractivity contribution >= 4 is 0 Å². The Morgan fingerprint density at radius 2 is 1.69 bits per heavy atom. The fraction of sp³-hybridized carbons (Fsp3) is 0.750. The van der Waals surface area contributed by atoms with E-state index in [1.165, 1.54) is 56.9 Å². The summed E-state index contributed by atoms with van der Waals surface area (Å²) < 4.78 is 0. The molecule has 0 N–H and O–H groups in total. The number of terminal acetylenes is 1. The highest BCUT2D eigenvalue weighted by molar-refractivity contribution is 4.99. The van der Waals surface area contributed by atoms with Crippen LogP contribution in [0.4, 0.5) is 0 Å². The fourth-order valence-corrected chi connectivity index (χ4v) is 1.86. The Balaban J connectivity index is 3.24. The van der Waals surface area contributed by atoms with Gasteiger partial charge in [-0.2, -0.15) is 0 Å². The first kappa shape index (κ1) is 15.3. The first-order chi connectivity index (χ1) is 7.81. The third-order valence-electron chi connectivity index (χ3n) is 2.96. The number of unbranched alkanes of at least 4 members (excludes halogenated alkanes) is 7. The standard InChI is InChI=1S/C16H28/c1-4-6-8-9-10-11-13-15-16(3)14-12-7-5-2/h2,14H,4,6-13,15H2,1,3H3/b16-14+. The topological polar surface area (TPSA) is 0 Å². The fourth-order valence-electron chi connectivity index (χ4n) is 1.86. The quantitative estimate of drug-likeness (QED) is 0.259. The van der Waals surface area contributed by atoms with Crippen molar-refractivity contribution < 1.29 is 0 Å². The Bertz CT molecular complexity index is 205. The monoisotopic (exact) mass is 220 g/mol. The van der Waals surface area contributed by atoms with Gasteiger partial charge in [0.15, 0.2) is 0 Å². The molecule has 0 heteroatoms. The van der Waals surface area contributed by atoms with E-state index < -0.39 is 0 Å². The first-order valence-electron chi connectivity index (χ1n) is 6.90. The highest BCUT2D eigenvalue weighted by Crippen LogP contribution is 2.12. The molecule has 0 bridgehead atoms. The summed E-state index contributed by atoms with van der Waals surface area (Å²) in [5.41, 5.74) is 1.52. The van der Waals surface area contributed by atoms with Gasteiger partial charge in [0.2, 0.25) is 0 Å². The van der Waals surface area contributed by atoms with Crippen molar-refractivity contribution in [1.82, 2.24) is 0 Å². The maximum Gasteiger partial charge on any atom is 0.0121 e. The second kappa shape index (κ2) is 12.4. The number of allylic oxidation sites excluding steroid dienone is 2. The van der Waals surface area contributed by atoms with Crippen LogP contribution in [-0.4, -0.2) is 0 Å². The maximum absolute atomic E-state index is 5.22. The Labute approximate surface area is 103 Å². The summed E-state index contributed by atoms with van der Waals surface area (Å²) in [7, 11) is 0. The molecule has 0 aromatic heterocycles. The summed E-state index contributed by atoms with van der Waals surface area (Å²) in [6, 6.07) is 0. The lowest BCUT2D eigenvalue weighted by Crippen LogP contribution is -1.82. The lowest BCUT2D eigenvalue weighted by Gasteiger charge is -2.02. The van der Waals surface area contributed by atoms with E-state index >= 15 is 0 Å². The SMILES string of the molecule is C#CCC/C=C(\C)CCCCCCCCC. The molecule has 0 aromatic rings. The van der Waals surface area contributed by atoms with Gasteiger partial charge in [0.05, 0.1) is 0 Å². The molecule has 92 valence electrons. The second-order valence-corrected chi connectivity index (χ2v) is 4.66. The van der Waals surface area contributed by atoms with Crippen LogP contribution < -0.4 is 0 Å². The molecule has 0 fully saturated rings. The highest BCUT2D eigenvalue weighted by atomic mass is 14.0. The summed E-state index contributed by atoms with van der Waals surface area (Å²) in [5.74, 6) is 2.67. The van der Waals surface area contributed by atoms with Crippen LogP contribution in [0.2, 0.25) is 0 Å². The molecule has 16 heavy (non-hydrogen) atoms. The zero-order chi connectivity index (χ0) is 12.1. The number of hydrogen-bond acceptors (Lipinski definition) is 0. The van der Waals surface area contributed by atoms with Gasteiger partial charge in [0.25, 0.3) is 0 Å². The van der Waals surface area contributed by atoms with Crippen LogP contribution in [0.5, 0.6) is 0 Å². The molecule has 0 aliphatic carbocycles. The molecule has 0 atom stereocenters. The van der Waals surface area contributed by atoms with Crippen molar-refractivity contribution in [2.45, 2.75) is 78.1 Å². The van der Waals surface area contributed by atoms with Gasteiger partial charge in [0, 0.05) is 6.42 Å². The third-order valence-corrected chi connectivity index (χ3v) is 2.96. The molecule has 0 heterocycles. The van der Waals surface area contributed by atoms with Crippen LogP contribution in [-0.2, 0) is 0 Å². The van der Waals surface area contributed by atoms with Crippen molar-refractivity contribution in [3.05, 3.63) is 11.6 Å². The van der Waals surface area contributed by atoms with E-state index in [9.17, 15) is 0 Å². The maximum atomic E-state index is 5.22. The summed E-state index contributed by atoms with van der Waals surface area (Å²) in [6.07, 6.45) is 20.5. The van der Waals surface area contributed by atoms with Crippen LogP contribution in [0, 0.1) is 12.3 Å². The van der Waals surface area contributed by atoms with Crippen LogP contribution in [0.3, 0.4) is 0 Å². The molecule has 0 rings (SSSR count). The van der Waals surface area contributed by atoms with Crippen LogP contribution in [0.25, 0.3) is 0 Å². The van der Waals surface area contributed by atoms with Crippen molar-refractivity contribution in [3.8, 4) is 12.3 Å². The number of hydrogen-bond donors (Lipinski definition) is 0. The molecule has 0 aliphatic rings. The summed E-state index contributed by atoms with van der Waals surface area (Å²) in [5, 5.41) is 0. The normalized spacial score (nSPS) is 11.4. The third kappa shape index (κ3) is 11.4. The Kier molecular flexibility index (Phi) is 11.8. The van der Waals surface area contributed by atoms with E-state index in [0.29, 0.717) is 0 Å². The lowest BCUT2D eigenvalue weighted by atomic mass is 10.0. The Morgan fingerprint density at radius 1 is 1.06 bits per heavy atom. The molecule has 0 spiro atoms. The van der Waals surface area contributed by atoms with Gasteiger partial charge < -0.3 is 0 Å². The predicted molar refractivity (Wildman–Crippen MR) is 74.4 cm³/mol. The molecule has 0 radical (unpaired) electrons. The van der Waals surface area contributed by atoms with Crippen LogP contribution in [0.1, 0.15) is 78.1 Å². The molecule has 0 unspecified atom stereocenters. The predicted octanol–water partition coefficient (Wildman–Crippen LogP) is 5.49. The minimum atomic E-state index is 0.883. The minimum Gasteiger partial charge on any atom is -0.120 e. The molecule has 0 saturated carbocycles. The van der Waals surface area contributed by atoms with Gasteiger partial charge in [-0.05, 0) is 26.2 Å². The van der Waals surface area contributed by atoms with E-state index in [2.05, 4.69) is 25.8 Å². The van der Waals surface area contributed by atoms with E-state index in [1.807, 2.05) is 0 Å². The van der Waals surface area contributed by atoms with Gasteiger partial charge in [-0.15, -0.1) is 12.3 Å². The van der Waals surface area contributed by atoms with Crippen molar-refractivity contribution in [2.75, 3.05) is 0 Å². The number of rotatable bonds is 10. The van der Waals surface area contributed by atoms with E-state index in [1.54, 1.807) is 0 Å². The second-order valence-electron chi connectivity index (χ2n) is 4.66. The molecule has 0 aromatic carbocycles. The molecule has 0 amide bonds. The van der Waals surface area contributed by atoms with Crippen molar-refractivity contribution in [3.63, 3.8) is 0 Å². The average Bonchev–Trinajstić information content (AvgIpc) is 2.28. The first-order valence-corrected chi connectivity index (χ1v) is 6.90. The Morgan fingerprint density at radius 3 is 2.31 bits per heavy atom. The molecule has 0 aliphatic heterocycles. The molecular weight excluding hydrogens is 192 g/mol. The van der Waals surface area contributed by atoms with Gasteiger partial charge in [-0.1, -0.05) is 57.1 Å². The average molecular weight is 220 g/mol. The molecule has 0 saturated heterocycles. The minimum absolute atomic E-state index is 0.883. The molecular formula is C16H28. The lowest BCUT2D eigenvalue weighted by molar-refractivity contribution is 0.588. The van der Waals surface area contributed by atoms with Crippen molar-refractivity contribution in [2.24, 2.45) is 0 Å². The summed E-state index contributed by atoms with van der Waals surface area (Å²) in [6.45, 7) is 4.50. The largest absolute Gasteiger partial charge is 0.120 e. The van der Waals surface area contributed by atoms with Crippen LogP contribution in [0.15, 0.2) is 11.6 Å². The zero-order valence-corrected chi connectivity index (χ0v) is 11.2. The van der Waals surface area contributed by atoms with Gasteiger partial charge >= 0.3 is 0 Å². The van der Waals surface area contributed by atoms with Gasteiger partial charge in [-0.25, -0.2) is 0 Å². The summed E-state index contributed by atoms with van der Waals surface area (Å²) >= 11 is 0.